The zero-order valence-electron chi connectivity index (χ0n) is 12.9. The van der Waals surface area contributed by atoms with Crippen molar-refractivity contribution in [2.45, 2.75) is 40.2 Å². The second kappa shape index (κ2) is 7.41. The number of carbonyl (C=O) groups is 1. The highest BCUT2D eigenvalue weighted by Crippen LogP contribution is 2.09. The van der Waals surface area contributed by atoms with Gasteiger partial charge in [0.1, 0.15) is 0 Å². The molecule has 0 saturated carbocycles. The van der Waals surface area contributed by atoms with Crippen molar-refractivity contribution in [1.82, 2.24) is 15.1 Å². The number of amides is 1. The van der Waals surface area contributed by atoms with Crippen LogP contribution in [0.3, 0.4) is 0 Å². The van der Waals surface area contributed by atoms with Crippen molar-refractivity contribution in [3.8, 4) is 0 Å². The van der Waals surface area contributed by atoms with Crippen molar-refractivity contribution >= 4 is 17.2 Å². The molecule has 2 rings (SSSR count). The van der Waals surface area contributed by atoms with Crippen molar-refractivity contribution in [2.75, 3.05) is 6.54 Å². The zero-order chi connectivity index (χ0) is 15.2. The van der Waals surface area contributed by atoms with E-state index in [1.54, 1.807) is 11.3 Å². The van der Waals surface area contributed by atoms with Gasteiger partial charge in [0.25, 0.3) is 0 Å². The van der Waals surface area contributed by atoms with Crippen LogP contribution in [-0.4, -0.2) is 22.2 Å². The summed E-state index contributed by atoms with van der Waals surface area (Å²) >= 11 is 1.67. The number of hydrogen-bond donors (Lipinski definition) is 1. The minimum atomic E-state index is 0.126. The number of carbonyl (C=O) groups excluding carboxylic acids is 1. The van der Waals surface area contributed by atoms with Gasteiger partial charge in [0.15, 0.2) is 0 Å². The summed E-state index contributed by atoms with van der Waals surface area (Å²) in [6, 6.07) is 4.15. The molecule has 114 valence electrons. The summed E-state index contributed by atoms with van der Waals surface area (Å²) in [4.78, 5) is 11.8. The van der Waals surface area contributed by atoms with Gasteiger partial charge in [0.05, 0.1) is 5.69 Å². The largest absolute Gasteiger partial charge is 0.356 e. The van der Waals surface area contributed by atoms with Gasteiger partial charge in [-0.15, -0.1) is 0 Å². The molecule has 0 aliphatic heterocycles. The maximum atomic E-state index is 11.8. The average Bonchev–Trinajstić information content (AvgIpc) is 3.04. The first-order valence-corrected chi connectivity index (χ1v) is 8.27. The Kier molecular flexibility index (Phi) is 5.56. The third kappa shape index (κ3) is 5.01. The van der Waals surface area contributed by atoms with Crippen LogP contribution in [0.25, 0.3) is 0 Å². The van der Waals surface area contributed by atoms with Gasteiger partial charge in [0, 0.05) is 25.2 Å². The maximum Gasteiger partial charge on any atom is 0.220 e. The lowest BCUT2D eigenvalue weighted by Crippen LogP contribution is -2.30. The second-order valence-corrected chi connectivity index (χ2v) is 6.43. The van der Waals surface area contributed by atoms with Crippen LogP contribution in [0.1, 0.15) is 30.3 Å². The molecular weight excluding hydrogens is 282 g/mol. The normalized spacial score (nSPS) is 12.3. The third-order valence-corrected chi connectivity index (χ3v) is 4.19. The van der Waals surface area contributed by atoms with E-state index in [0.717, 1.165) is 18.7 Å². The average molecular weight is 305 g/mol. The van der Waals surface area contributed by atoms with Gasteiger partial charge in [-0.1, -0.05) is 6.92 Å². The van der Waals surface area contributed by atoms with E-state index in [0.29, 0.717) is 18.9 Å². The summed E-state index contributed by atoms with van der Waals surface area (Å²) in [5.74, 6) is 0.495. The molecule has 1 N–H and O–H groups in total. The summed E-state index contributed by atoms with van der Waals surface area (Å²) in [6.45, 7) is 7.73. The number of nitrogens with zero attached hydrogens (tertiary/aromatic N) is 2. The highest BCUT2D eigenvalue weighted by Gasteiger charge is 2.09. The van der Waals surface area contributed by atoms with Crippen molar-refractivity contribution < 1.29 is 4.79 Å². The fourth-order valence-electron chi connectivity index (χ4n) is 2.29. The molecule has 0 spiro atoms. The molecule has 0 aliphatic rings. The molecule has 5 heteroatoms. The first-order chi connectivity index (χ1) is 10.0. The van der Waals surface area contributed by atoms with E-state index < -0.39 is 0 Å². The van der Waals surface area contributed by atoms with Crippen LogP contribution < -0.4 is 5.32 Å². The van der Waals surface area contributed by atoms with E-state index in [4.69, 9.17) is 0 Å². The highest BCUT2D eigenvalue weighted by atomic mass is 32.1. The van der Waals surface area contributed by atoms with Gasteiger partial charge >= 0.3 is 0 Å². The first-order valence-electron chi connectivity index (χ1n) is 7.33. The number of hydrogen-bond acceptors (Lipinski definition) is 3. The summed E-state index contributed by atoms with van der Waals surface area (Å²) in [5, 5.41) is 11.6. The van der Waals surface area contributed by atoms with E-state index in [1.165, 1.54) is 11.3 Å². The number of aromatic nitrogens is 2. The lowest BCUT2D eigenvalue weighted by Gasteiger charge is -2.14. The van der Waals surface area contributed by atoms with E-state index in [-0.39, 0.29) is 5.91 Å². The SMILES string of the molecule is Cc1cc(C)n(CC(C)CNC(=O)CCc2ccsc2)n1. The van der Waals surface area contributed by atoms with Crippen molar-refractivity contribution in [3.05, 3.63) is 39.8 Å². The molecule has 0 fully saturated rings. The summed E-state index contributed by atoms with van der Waals surface area (Å²) in [7, 11) is 0. The van der Waals surface area contributed by atoms with Crippen molar-refractivity contribution in [3.63, 3.8) is 0 Å². The van der Waals surface area contributed by atoms with Gasteiger partial charge in [-0.2, -0.15) is 16.4 Å². The standard InChI is InChI=1S/C16H23N3OS/c1-12(10-19-14(3)8-13(2)18-19)9-17-16(20)5-4-15-6-7-21-11-15/h6-8,11-12H,4-5,9-10H2,1-3H3,(H,17,20). The molecule has 2 heterocycles. The smallest absolute Gasteiger partial charge is 0.220 e. The summed E-state index contributed by atoms with van der Waals surface area (Å²) in [6.07, 6.45) is 1.38. The Morgan fingerprint density at radius 2 is 2.29 bits per heavy atom. The summed E-state index contributed by atoms with van der Waals surface area (Å²) < 4.78 is 2.01. The fourth-order valence-corrected chi connectivity index (χ4v) is 2.99. The molecule has 0 aliphatic carbocycles. The molecular formula is C16H23N3OS. The van der Waals surface area contributed by atoms with Gasteiger partial charge in [0.2, 0.25) is 5.91 Å². The number of aryl methyl sites for hydroxylation is 3. The van der Waals surface area contributed by atoms with Crippen LogP contribution in [0.4, 0.5) is 0 Å². The molecule has 0 radical (unpaired) electrons. The van der Waals surface area contributed by atoms with Crippen LogP contribution in [0, 0.1) is 19.8 Å². The number of nitrogens with one attached hydrogen (secondary N) is 1. The Morgan fingerprint density at radius 3 is 2.90 bits per heavy atom. The van der Waals surface area contributed by atoms with E-state index in [9.17, 15) is 4.79 Å². The molecule has 2 aromatic heterocycles. The summed E-state index contributed by atoms with van der Waals surface area (Å²) in [5.41, 5.74) is 3.45. The van der Waals surface area contributed by atoms with Crippen LogP contribution in [0.5, 0.6) is 0 Å². The van der Waals surface area contributed by atoms with Gasteiger partial charge < -0.3 is 5.32 Å². The lowest BCUT2D eigenvalue weighted by molar-refractivity contribution is -0.121. The van der Waals surface area contributed by atoms with Crippen molar-refractivity contribution in [2.24, 2.45) is 5.92 Å². The molecule has 2 aromatic rings. The van der Waals surface area contributed by atoms with Crippen molar-refractivity contribution in [1.29, 1.82) is 0 Å². The number of rotatable bonds is 7. The molecule has 0 bridgehead atoms. The highest BCUT2D eigenvalue weighted by molar-refractivity contribution is 7.07. The fraction of sp³-hybridized carbons (Fsp3) is 0.500. The van der Waals surface area contributed by atoms with Gasteiger partial charge in [-0.05, 0) is 54.6 Å². The molecule has 0 aromatic carbocycles. The monoisotopic (exact) mass is 305 g/mol. The van der Waals surface area contributed by atoms with Gasteiger partial charge in [-0.3, -0.25) is 9.48 Å². The van der Waals surface area contributed by atoms with Gasteiger partial charge in [-0.25, -0.2) is 0 Å². The van der Waals surface area contributed by atoms with Crippen LogP contribution in [0.2, 0.25) is 0 Å². The first kappa shape index (κ1) is 15.8. The van der Waals surface area contributed by atoms with Crippen LogP contribution in [-0.2, 0) is 17.8 Å². The Hall–Kier alpha value is -1.62. The lowest BCUT2D eigenvalue weighted by atomic mass is 10.1. The molecule has 1 amide bonds. The minimum absolute atomic E-state index is 0.126. The number of thiophene rings is 1. The van der Waals surface area contributed by atoms with Crippen LogP contribution >= 0.6 is 11.3 Å². The Labute approximate surface area is 130 Å². The molecule has 1 atom stereocenters. The van der Waals surface area contributed by atoms with E-state index >= 15 is 0 Å². The van der Waals surface area contributed by atoms with Crippen LogP contribution in [0.15, 0.2) is 22.9 Å². The Bertz CT molecular complexity index is 574. The zero-order valence-corrected chi connectivity index (χ0v) is 13.7. The topological polar surface area (TPSA) is 46.9 Å². The molecule has 0 saturated heterocycles. The predicted octanol–water partition coefficient (Wildman–Crippen LogP) is 2.95. The molecule has 1 unspecified atom stereocenters. The minimum Gasteiger partial charge on any atom is -0.356 e. The quantitative estimate of drug-likeness (QED) is 0.855. The Morgan fingerprint density at radius 1 is 1.48 bits per heavy atom. The molecule has 21 heavy (non-hydrogen) atoms. The Balaban J connectivity index is 1.69. The second-order valence-electron chi connectivity index (χ2n) is 5.65. The van der Waals surface area contributed by atoms with E-state index in [1.807, 2.05) is 17.0 Å². The predicted molar refractivity (Wildman–Crippen MR) is 86.5 cm³/mol. The van der Waals surface area contributed by atoms with E-state index in [2.05, 4.69) is 41.8 Å². The third-order valence-electron chi connectivity index (χ3n) is 3.46. The molecule has 4 nitrogen and oxygen atoms in total. The maximum absolute atomic E-state index is 11.8.